The number of nitro groups is 1. The molecule has 15 aromatic carbocycles. The van der Waals surface area contributed by atoms with Crippen molar-refractivity contribution in [2.75, 3.05) is 5.43 Å². The van der Waals surface area contributed by atoms with Gasteiger partial charge < -0.3 is 48.0 Å². The first kappa shape index (κ1) is 116. The number of ketones is 1. The SMILES string of the molecule is O=C1C=[C-]C(=NNc2c(S(=O)(=O)[O-])ccc3ccccc23)c2ccccc21.O=S(=O)([O-])c1ccc2c(N=Nc3cc[c-]c4ccccc34)c(O)c(S(=O)(=O)[O-])cc2c1.O=S(=O)([O-])c1ccc2ccccc2c1N=Nc1c(O)ccc2ccccc12.O=S(=O)=O.O=S(=O)=O.O=[N+]([O-])c1ccc2c(N=Nc3c(O)ccc4ccccc34)c(O)cc(S(=O)(=O)[O-])c2c1.[Na+].[Na+].[Na+].[Na+].[Na+].[Na+].[Na+]. The van der Waals surface area contributed by atoms with E-state index in [1.807, 2.05) is 24.3 Å². The van der Waals surface area contributed by atoms with Crippen molar-refractivity contribution in [2.45, 2.75) is 24.5 Å². The molecule has 131 heavy (non-hydrogen) atoms. The Balaban J connectivity index is 0.000000350. The van der Waals surface area contributed by atoms with Crippen molar-refractivity contribution in [3.05, 3.63) is 294 Å². The molecule has 0 aliphatic heterocycles. The van der Waals surface area contributed by atoms with E-state index in [1.54, 1.807) is 158 Å². The van der Waals surface area contributed by atoms with Crippen LogP contribution in [0.1, 0.15) is 15.9 Å². The number of aromatic hydroxyl groups is 4. The summed E-state index contributed by atoms with van der Waals surface area (Å²) in [6, 6.07) is 68.3. The maximum absolute atomic E-state index is 12.0. The molecule has 16 rings (SSSR count). The minimum absolute atomic E-state index is 0. The first-order chi connectivity index (χ1) is 58.6. The third-order valence-electron chi connectivity index (χ3n) is 17.7. The molecule has 0 atom stereocenters. The number of carbonyl (C=O) groups is 1. The van der Waals surface area contributed by atoms with E-state index in [2.05, 4.69) is 53.4 Å². The van der Waals surface area contributed by atoms with Crippen LogP contribution in [0.25, 0.3) is 75.4 Å². The molecule has 1 aliphatic carbocycles. The summed E-state index contributed by atoms with van der Waals surface area (Å²) in [5, 5.41) is 87.1. The molecular formula is C80H48N9Na7O28S7. The van der Waals surface area contributed by atoms with Gasteiger partial charge in [-0.3, -0.25) is 15.5 Å². The van der Waals surface area contributed by atoms with Crippen LogP contribution in [0, 0.1) is 22.3 Å². The zero-order chi connectivity index (χ0) is 89.9. The Labute approximate surface area is 901 Å². The molecule has 0 fully saturated rings. The Kier molecular flexibility index (Phi) is 44.2. The van der Waals surface area contributed by atoms with E-state index in [0.717, 1.165) is 57.3 Å². The molecule has 37 nitrogen and oxygen atoms in total. The number of hydrogen-bond donors (Lipinski definition) is 5. The Morgan fingerprint density at radius 1 is 0.351 bits per heavy atom. The predicted molar refractivity (Wildman–Crippen MR) is 440 cm³/mol. The van der Waals surface area contributed by atoms with E-state index in [4.69, 9.17) is 25.3 Å². The molecule has 15 aromatic rings. The number of phenolic OH excluding ortho intramolecular Hbond substituents is 4. The summed E-state index contributed by atoms with van der Waals surface area (Å²) >= 11 is 0. The fourth-order valence-electron chi connectivity index (χ4n) is 12.3. The minimum Gasteiger partial charge on any atom is -0.744 e. The number of hydrazone groups is 1. The summed E-state index contributed by atoms with van der Waals surface area (Å²) in [4.78, 5) is 19.0. The van der Waals surface area contributed by atoms with E-state index in [-0.39, 0.29) is 280 Å². The van der Waals surface area contributed by atoms with Crippen LogP contribution in [-0.2, 0) is 71.8 Å². The summed E-state index contributed by atoms with van der Waals surface area (Å²) in [6.07, 6.45) is 4.06. The molecule has 0 saturated heterocycles. The minimum atomic E-state index is -5.15. The molecule has 0 radical (unpaired) electrons. The fraction of sp³-hybridized carbons (Fsp3) is 0. The summed E-state index contributed by atoms with van der Waals surface area (Å²) in [5.74, 6) is -2.06. The quantitative estimate of drug-likeness (QED) is 0.0169. The molecule has 5 N–H and O–H groups in total. The van der Waals surface area contributed by atoms with Gasteiger partial charge in [0.1, 0.15) is 96.3 Å². The maximum atomic E-state index is 12.0. The van der Waals surface area contributed by atoms with Crippen LogP contribution >= 0.6 is 0 Å². The molecule has 0 bridgehead atoms. The van der Waals surface area contributed by atoms with Crippen LogP contribution < -0.4 is 212 Å². The predicted octanol–water partition coefficient (Wildman–Crippen LogP) is -6.49. The van der Waals surface area contributed by atoms with Gasteiger partial charge in [-0.05, 0) is 81.2 Å². The molecule has 0 heterocycles. The van der Waals surface area contributed by atoms with Crippen LogP contribution in [0.15, 0.2) is 321 Å². The number of azo groups is 3. The van der Waals surface area contributed by atoms with Gasteiger partial charge in [-0.25, -0.2) is 47.2 Å². The smallest absolute Gasteiger partial charge is 0.744 e. The van der Waals surface area contributed by atoms with Crippen LogP contribution in [0.4, 0.5) is 45.5 Å². The van der Waals surface area contributed by atoms with Gasteiger partial charge in [0.25, 0.3) is 5.69 Å². The first-order valence-electron chi connectivity index (χ1n) is 34.3. The van der Waals surface area contributed by atoms with Crippen LogP contribution in [0.3, 0.4) is 0 Å². The van der Waals surface area contributed by atoms with Crippen molar-refractivity contribution in [1.82, 2.24) is 0 Å². The number of nitrogens with zero attached hydrogens (tertiary/aromatic N) is 8. The van der Waals surface area contributed by atoms with Gasteiger partial charge >= 0.3 is 228 Å². The van der Waals surface area contributed by atoms with E-state index in [0.29, 0.717) is 55.5 Å². The number of fused-ring (bicyclic) bond motifs is 8. The van der Waals surface area contributed by atoms with E-state index >= 15 is 0 Å². The summed E-state index contributed by atoms with van der Waals surface area (Å²) in [6.45, 7) is 0. The van der Waals surface area contributed by atoms with Gasteiger partial charge in [0.2, 0.25) is 0 Å². The van der Waals surface area contributed by atoms with Crippen molar-refractivity contribution in [1.29, 1.82) is 0 Å². The average molecular weight is 1970 g/mol. The molecule has 630 valence electrons. The van der Waals surface area contributed by atoms with Crippen molar-refractivity contribution >= 4 is 204 Å². The van der Waals surface area contributed by atoms with E-state index in [9.17, 15) is 100 Å². The standard InChI is InChI=1S/C20H13N3O7S.C20H13N2O7S2.C20H14N2O4S.C20H13N2O4S.7Na.2O3S/c24-16-8-5-11-3-1-2-4-13(11)19(16)21-22-20-14-7-6-12(23(26)27)9-15(14)18(10-17(20)25)31(28,29)30;23-20-18(31(27,28)29)11-13-10-14(30(24,25)26)8-9-16(13)19(20)22-21-17-7-3-5-12-4-1-2-6-15(12)17;23-17-11-9-13-5-1-3-7-15(13)19(17)21-22-20-16-8-4-2-6-14(16)10-12-18(20)27(24,25)26;23-18-11-10-17(15-7-3-4-8-16(15)18)21-22-20-14-6-2-1-5-13(14)9-12-19(20)27(24,25)26;;;;;;;;2*1-4(2)3/h1-10,24-25H,(H,28,29,30);1-4,6-11,23H,(H,24,25,26)(H,27,28,29);1-12,23H,(H,24,25,26);1-9,11-12,22H,(H,24,25,26);;;;;;;;;/q;-1;;-1;7*+1;;/p-5. The molecule has 51 heteroatoms. The number of non-ortho nitro benzene ring substituents is 1. The number of benzene rings is 15. The molecule has 0 saturated carbocycles. The number of anilines is 1. The molecular weight excluding hydrogens is 1920 g/mol. The van der Waals surface area contributed by atoms with Gasteiger partial charge in [0, 0.05) is 61.6 Å². The number of phenols is 4. The molecule has 0 unspecified atom stereocenters. The third kappa shape index (κ3) is 29.4. The van der Waals surface area contributed by atoms with Crippen molar-refractivity contribution in [3.8, 4) is 23.0 Å². The van der Waals surface area contributed by atoms with Gasteiger partial charge in [0.15, 0.2) is 5.75 Å². The number of nitro benzene ring substituents is 1. The van der Waals surface area contributed by atoms with Crippen molar-refractivity contribution in [3.63, 3.8) is 0 Å². The summed E-state index contributed by atoms with van der Waals surface area (Å²) in [7, 11) is -30.7. The third-order valence-corrected chi connectivity index (χ3v) is 22.0. The van der Waals surface area contributed by atoms with Crippen molar-refractivity contribution < 1.29 is 327 Å². The van der Waals surface area contributed by atoms with Gasteiger partial charge in [-0.2, -0.15) is 11.2 Å². The topological polar surface area (TPSA) is 628 Å². The van der Waals surface area contributed by atoms with Crippen molar-refractivity contribution in [2.24, 2.45) is 35.8 Å². The van der Waals surface area contributed by atoms with Gasteiger partial charge in [-0.1, -0.05) is 174 Å². The molecule has 1 aliphatic rings. The number of nitrogens with one attached hydrogen (secondary N) is 1. The van der Waals surface area contributed by atoms with E-state index in [1.165, 1.54) is 42.5 Å². The second-order valence-corrected chi connectivity index (χ2v) is 32.8. The Hall–Kier alpha value is -7.81. The molecule has 0 spiro atoms. The molecule has 0 amide bonds. The van der Waals surface area contributed by atoms with Gasteiger partial charge in [-0.15, -0.1) is 98.7 Å². The Bertz CT molecular complexity index is 7960. The maximum Gasteiger partial charge on any atom is 1.00 e. The summed E-state index contributed by atoms with van der Waals surface area (Å²) < 4.78 is 224. The second-order valence-electron chi connectivity index (χ2n) is 25.2. The van der Waals surface area contributed by atoms with Crippen LogP contribution in [-0.4, -0.2) is 127 Å². The fourth-order valence-corrected chi connectivity index (χ4v) is 15.4. The number of hydrogen-bond acceptors (Lipinski definition) is 36. The first-order valence-corrected chi connectivity index (χ1v) is 43.4. The Morgan fingerprint density at radius 3 is 1.25 bits per heavy atom. The van der Waals surface area contributed by atoms with E-state index < -0.39 is 118 Å². The zero-order valence-electron chi connectivity index (χ0n) is 68.8. The Morgan fingerprint density at radius 2 is 0.756 bits per heavy atom. The number of rotatable bonds is 14. The summed E-state index contributed by atoms with van der Waals surface area (Å²) in [5.41, 5.74) is 3.81. The molecule has 0 aromatic heterocycles. The number of carbonyl (C=O) groups excluding carboxylic acids is 1. The normalized spacial score (nSPS) is 11.9. The zero-order valence-corrected chi connectivity index (χ0v) is 88.6. The monoisotopic (exact) mass is 1970 g/mol. The average Bonchev–Trinajstić information content (AvgIpc) is 0.757. The number of allylic oxidation sites excluding steroid dienone is 2. The second kappa shape index (κ2) is 50.1. The van der Waals surface area contributed by atoms with Crippen LogP contribution in [0.5, 0.6) is 23.0 Å². The van der Waals surface area contributed by atoms with Gasteiger partial charge in [0.05, 0.1) is 40.9 Å². The van der Waals surface area contributed by atoms with Crippen LogP contribution in [0.2, 0.25) is 0 Å². The largest absolute Gasteiger partial charge is 1.00 e.